The highest BCUT2D eigenvalue weighted by atomic mass is 32.2. The molecule has 1 aliphatic rings. The Kier molecular flexibility index (Phi) is 4.22. The van der Waals surface area contributed by atoms with E-state index in [4.69, 9.17) is 0 Å². The summed E-state index contributed by atoms with van der Waals surface area (Å²) in [6.07, 6.45) is 1.56. The number of rotatable bonds is 3. The summed E-state index contributed by atoms with van der Waals surface area (Å²) >= 11 is 0. The Morgan fingerprint density at radius 1 is 1.25 bits per heavy atom. The molecule has 7 heteroatoms. The van der Waals surface area contributed by atoms with Crippen LogP contribution in [0.4, 0.5) is 0 Å². The van der Waals surface area contributed by atoms with Crippen molar-refractivity contribution in [1.82, 2.24) is 0 Å². The average molecular weight is 318 g/mol. The van der Waals surface area contributed by atoms with Crippen LogP contribution in [0, 0.1) is 12.8 Å². The highest BCUT2D eigenvalue weighted by Crippen LogP contribution is 2.26. The van der Waals surface area contributed by atoms with Crippen molar-refractivity contribution in [3.05, 3.63) is 29.3 Å². The lowest BCUT2D eigenvalue weighted by Crippen LogP contribution is -2.25. The van der Waals surface area contributed by atoms with Crippen molar-refractivity contribution in [2.24, 2.45) is 5.92 Å². The molecule has 1 aromatic carbocycles. The molecule has 1 saturated heterocycles. The molecule has 1 aromatic rings. The van der Waals surface area contributed by atoms with E-state index in [0.717, 1.165) is 5.56 Å². The maximum atomic E-state index is 11.4. The molecule has 0 radical (unpaired) electrons. The summed E-state index contributed by atoms with van der Waals surface area (Å²) in [5, 5.41) is 0. The third-order valence-electron chi connectivity index (χ3n) is 3.68. The first-order valence-corrected chi connectivity index (χ1v) is 9.71. The van der Waals surface area contributed by atoms with E-state index < -0.39 is 20.0 Å². The third-order valence-corrected chi connectivity index (χ3v) is 6.35. The Hall–Kier alpha value is -0.920. The van der Waals surface area contributed by atoms with E-state index in [-0.39, 0.29) is 22.3 Å². The second kappa shape index (κ2) is 5.46. The fourth-order valence-corrected chi connectivity index (χ4v) is 4.88. The molecule has 0 aliphatic carbocycles. The lowest BCUT2D eigenvalue weighted by molar-refractivity contribution is 0.454. The quantitative estimate of drug-likeness (QED) is 0.855. The fourth-order valence-electron chi connectivity index (χ4n) is 2.57. The molecule has 0 spiro atoms. The van der Waals surface area contributed by atoms with Crippen LogP contribution in [-0.2, 0) is 26.4 Å². The SMILES string of the molecule is Cc1ccc(S(=O)(=O)O)c(CC2CCS(=O)(=O)CC2)c1. The van der Waals surface area contributed by atoms with Crippen molar-refractivity contribution in [3.8, 4) is 0 Å². The predicted octanol–water partition coefficient (Wildman–Crippen LogP) is 1.61. The molecule has 0 bridgehead atoms. The highest BCUT2D eigenvalue weighted by molar-refractivity contribution is 7.91. The van der Waals surface area contributed by atoms with Crippen molar-refractivity contribution in [2.45, 2.75) is 31.1 Å². The van der Waals surface area contributed by atoms with Gasteiger partial charge in [-0.25, -0.2) is 8.42 Å². The Morgan fingerprint density at radius 2 is 1.85 bits per heavy atom. The van der Waals surface area contributed by atoms with E-state index >= 15 is 0 Å². The smallest absolute Gasteiger partial charge is 0.282 e. The summed E-state index contributed by atoms with van der Waals surface area (Å²) in [5.41, 5.74) is 1.48. The molecule has 20 heavy (non-hydrogen) atoms. The van der Waals surface area contributed by atoms with Crippen LogP contribution in [0.2, 0.25) is 0 Å². The number of aryl methyl sites for hydroxylation is 1. The molecule has 112 valence electrons. The Morgan fingerprint density at radius 3 is 2.40 bits per heavy atom. The molecule has 0 unspecified atom stereocenters. The summed E-state index contributed by atoms with van der Waals surface area (Å²) in [6.45, 7) is 1.85. The summed E-state index contributed by atoms with van der Waals surface area (Å²) in [4.78, 5) is -0.0727. The predicted molar refractivity (Wildman–Crippen MR) is 76.1 cm³/mol. The molecule has 0 atom stereocenters. The van der Waals surface area contributed by atoms with Gasteiger partial charge in [0.2, 0.25) is 0 Å². The van der Waals surface area contributed by atoms with E-state index in [0.29, 0.717) is 24.8 Å². The van der Waals surface area contributed by atoms with Gasteiger partial charge in [-0.05, 0) is 43.7 Å². The number of benzene rings is 1. The van der Waals surface area contributed by atoms with Crippen LogP contribution in [0.3, 0.4) is 0 Å². The number of sulfone groups is 1. The zero-order valence-electron chi connectivity index (χ0n) is 11.2. The molecule has 5 nitrogen and oxygen atoms in total. The molecule has 2 rings (SSSR count). The molecule has 0 aromatic heterocycles. The zero-order valence-corrected chi connectivity index (χ0v) is 12.9. The van der Waals surface area contributed by atoms with E-state index in [1.54, 1.807) is 12.1 Å². The van der Waals surface area contributed by atoms with Gasteiger partial charge in [-0.2, -0.15) is 8.42 Å². The van der Waals surface area contributed by atoms with Crippen LogP contribution >= 0.6 is 0 Å². The van der Waals surface area contributed by atoms with Crippen LogP contribution in [0.5, 0.6) is 0 Å². The Labute approximate surface area is 119 Å². The maximum absolute atomic E-state index is 11.4. The minimum Gasteiger partial charge on any atom is -0.282 e. The van der Waals surface area contributed by atoms with Crippen molar-refractivity contribution >= 4 is 20.0 Å². The van der Waals surface area contributed by atoms with Gasteiger partial charge in [-0.1, -0.05) is 17.7 Å². The van der Waals surface area contributed by atoms with Gasteiger partial charge >= 0.3 is 0 Å². The minimum atomic E-state index is -4.24. The van der Waals surface area contributed by atoms with Crippen molar-refractivity contribution in [3.63, 3.8) is 0 Å². The van der Waals surface area contributed by atoms with E-state index in [2.05, 4.69) is 0 Å². The molecule has 1 fully saturated rings. The Balaban J connectivity index is 2.24. The van der Waals surface area contributed by atoms with Gasteiger partial charge in [0.1, 0.15) is 9.84 Å². The van der Waals surface area contributed by atoms with Crippen LogP contribution < -0.4 is 0 Å². The monoisotopic (exact) mass is 318 g/mol. The molecular weight excluding hydrogens is 300 g/mol. The first-order valence-electron chi connectivity index (χ1n) is 6.45. The normalized spacial score (nSPS) is 19.9. The lowest BCUT2D eigenvalue weighted by Gasteiger charge is -2.22. The second-order valence-electron chi connectivity index (χ2n) is 5.39. The van der Waals surface area contributed by atoms with Crippen molar-refractivity contribution in [1.29, 1.82) is 0 Å². The van der Waals surface area contributed by atoms with Crippen molar-refractivity contribution in [2.75, 3.05) is 11.5 Å². The standard InChI is InChI=1S/C13H18O5S2/c1-10-2-3-13(20(16,17)18)12(8-10)9-11-4-6-19(14,15)7-5-11/h2-3,8,11H,4-7,9H2,1H3,(H,16,17,18). The first kappa shape index (κ1) is 15.5. The molecule has 1 N–H and O–H groups in total. The van der Waals surface area contributed by atoms with E-state index in [1.807, 2.05) is 6.92 Å². The van der Waals surface area contributed by atoms with E-state index in [1.165, 1.54) is 6.07 Å². The molecular formula is C13H18O5S2. The van der Waals surface area contributed by atoms with Gasteiger partial charge in [0.05, 0.1) is 16.4 Å². The van der Waals surface area contributed by atoms with Crippen LogP contribution in [-0.4, -0.2) is 32.9 Å². The highest BCUT2D eigenvalue weighted by Gasteiger charge is 2.25. The fraction of sp³-hybridized carbons (Fsp3) is 0.538. The maximum Gasteiger partial charge on any atom is 0.294 e. The second-order valence-corrected chi connectivity index (χ2v) is 9.08. The van der Waals surface area contributed by atoms with Gasteiger partial charge in [0, 0.05) is 0 Å². The molecule has 1 aliphatic heterocycles. The van der Waals surface area contributed by atoms with Gasteiger partial charge < -0.3 is 0 Å². The lowest BCUT2D eigenvalue weighted by atomic mass is 9.93. The summed E-state index contributed by atoms with van der Waals surface area (Å²) in [5.74, 6) is 0.455. The number of hydrogen-bond donors (Lipinski definition) is 1. The van der Waals surface area contributed by atoms with Gasteiger partial charge in [0.25, 0.3) is 10.1 Å². The largest absolute Gasteiger partial charge is 0.294 e. The minimum absolute atomic E-state index is 0.0727. The average Bonchev–Trinajstić information content (AvgIpc) is 2.30. The zero-order chi connectivity index (χ0) is 15.0. The van der Waals surface area contributed by atoms with Crippen molar-refractivity contribution < 1.29 is 21.4 Å². The van der Waals surface area contributed by atoms with E-state index in [9.17, 15) is 21.4 Å². The van der Waals surface area contributed by atoms with Gasteiger partial charge in [-0.15, -0.1) is 0 Å². The number of hydrogen-bond acceptors (Lipinski definition) is 4. The summed E-state index contributed by atoms with van der Waals surface area (Å²) in [7, 11) is -7.16. The topological polar surface area (TPSA) is 88.5 Å². The summed E-state index contributed by atoms with van der Waals surface area (Å²) in [6, 6.07) is 4.78. The molecule has 0 saturated carbocycles. The summed E-state index contributed by atoms with van der Waals surface area (Å²) < 4.78 is 54.8. The van der Waals surface area contributed by atoms with Gasteiger partial charge in [0.15, 0.2) is 0 Å². The first-order chi connectivity index (χ1) is 9.17. The molecule has 0 amide bonds. The van der Waals surface area contributed by atoms with Gasteiger partial charge in [-0.3, -0.25) is 4.55 Å². The van der Waals surface area contributed by atoms with Crippen LogP contribution in [0.25, 0.3) is 0 Å². The Bertz CT molecular complexity index is 690. The third kappa shape index (κ3) is 3.80. The van der Waals surface area contributed by atoms with Crippen LogP contribution in [0.15, 0.2) is 23.1 Å². The molecule has 1 heterocycles. The van der Waals surface area contributed by atoms with Crippen LogP contribution in [0.1, 0.15) is 24.0 Å².